The van der Waals surface area contributed by atoms with Crippen LogP contribution in [0.1, 0.15) is 44.4 Å². The molecule has 2 aromatic carbocycles. The number of hydrogen-bond acceptors (Lipinski definition) is 3. The lowest BCUT2D eigenvalue weighted by Gasteiger charge is -2.29. The van der Waals surface area contributed by atoms with Crippen LogP contribution in [0.4, 0.5) is 11.4 Å². The third-order valence-electron chi connectivity index (χ3n) is 4.93. The molecular formula is C22H30N2O3S. The number of anilines is 2. The number of carbonyl (C=O) groups is 1. The van der Waals surface area contributed by atoms with E-state index in [9.17, 15) is 13.2 Å². The minimum atomic E-state index is -3.63. The predicted octanol–water partition coefficient (Wildman–Crippen LogP) is 4.17. The lowest BCUT2D eigenvalue weighted by molar-refractivity contribution is -0.116. The molecule has 2 rings (SSSR count). The minimum absolute atomic E-state index is 0.347. The van der Waals surface area contributed by atoms with Crippen LogP contribution in [0, 0.1) is 0 Å². The van der Waals surface area contributed by atoms with E-state index < -0.39 is 16.1 Å². The Morgan fingerprint density at radius 2 is 1.50 bits per heavy atom. The smallest absolute Gasteiger partial charge is 0.248 e. The van der Waals surface area contributed by atoms with Crippen molar-refractivity contribution >= 4 is 27.3 Å². The zero-order valence-corrected chi connectivity index (χ0v) is 18.1. The van der Waals surface area contributed by atoms with Gasteiger partial charge in [0.2, 0.25) is 15.9 Å². The van der Waals surface area contributed by atoms with Gasteiger partial charge in [-0.25, -0.2) is 8.42 Å². The van der Waals surface area contributed by atoms with Crippen molar-refractivity contribution in [3.05, 3.63) is 59.2 Å². The molecule has 28 heavy (non-hydrogen) atoms. The Bertz CT molecular complexity index is 899. The number of benzene rings is 2. The Balaban J connectivity index is 2.37. The second-order valence-corrected chi connectivity index (χ2v) is 8.76. The highest BCUT2D eigenvalue weighted by atomic mass is 32.2. The third-order valence-corrected chi connectivity index (χ3v) is 6.18. The number of hydrogen-bond donors (Lipinski definition) is 1. The summed E-state index contributed by atoms with van der Waals surface area (Å²) in [5.74, 6) is -0.347. The molecule has 5 nitrogen and oxygen atoms in total. The summed E-state index contributed by atoms with van der Waals surface area (Å²) in [6, 6.07) is 12.3. The summed E-state index contributed by atoms with van der Waals surface area (Å²) in [6.07, 6.45) is 3.56. The first kappa shape index (κ1) is 22.0. The molecule has 0 aliphatic heterocycles. The number of aryl methyl sites for hydroxylation is 3. The van der Waals surface area contributed by atoms with Crippen molar-refractivity contribution in [1.82, 2.24) is 0 Å². The molecule has 1 amide bonds. The molecule has 1 unspecified atom stereocenters. The van der Waals surface area contributed by atoms with Crippen LogP contribution in [0.15, 0.2) is 42.5 Å². The van der Waals surface area contributed by atoms with Crippen LogP contribution < -0.4 is 9.62 Å². The largest absolute Gasteiger partial charge is 0.324 e. The molecular weight excluding hydrogens is 372 g/mol. The first-order valence-corrected chi connectivity index (χ1v) is 11.6. The summed E-state index contributed by atoms with van der Waals surface area (Å²) in [4.78, 5) is 13.0. The van der Waals surface area contributed by atoms with E-state index in [-0.39, 0.29) is 5.91 Å². The summed E-state index contributed by atoms with van der Waals surface area (Å²) >= 11 is 0. The van der Waals surface area contributed by atoms with Gasteiger partial charge in [0.15, 0.2) is 0 Å². The van der Waals surface area contributed by atoms with Crippen molar-refractivity contribution in [2.45, 2.75) is 53.0 Å². The fourth-order valence-electron chi connectivity index (χ4n) is 3.32. The highest BCUT2D eigenvalue weighted by molar-refractivity contribution is 7.92. The van der Waals surface area contributed by atoms with E-state index in [1.807, 2.05) is 51.1 Å². The third kappa shape index (κ3) is 4.93. The Kier molecular flexibility index (Phi) is 7.24. The maximum Gasteiger partial charge on any atom is 0.248 e. The molecule has 0 radical (unpaired) electrons. The van der Waals surface area contributed by atoms with E-state index in [0.717, 1.165) is 47.9 Å². The van der Waals surface area contributed by atoms with Gasteiger partial charge in [-0.2, -0.15) is 0 Å². The van der Waals surface area contributed by atoms with Crippen LogP contribution in [-0.2, 0) is 34.1 Å². The Labute approximate surface area is 168 Å². The van der Waals surface area contributed by atoms with E-state index in [4.69, 9.17) is 0 Å². The van der Waals surface area contributed by atoms with Gasteiger partial charge in [-0.1, -0.05) is 51.1 Å². The van der Waals surface area contributed by atoms with Crippen LogP contribution in [0.5, 0.6) is 0 Å². The first-order chi connectivity index (χ1) is 13.2. The molecule has 0 saturated carbocycles. The van der Waals surface area contributed by atoms with Gasteiger partial charge >= 0.3 is 0 Å². The number of nitrogens with one attached hydrogen (secondary N) is 1. The van der Waals surface area contributed by atoms with Crippen molar-refractivity contribution in [3.63, 3.8) is 0 Å². The Morgan fingerprint density at radius 1 is 0.964 bits per heavy atom. The number of sulfonamides is 1. The molecule has 0 aromatic heterocycles. The number of nitrogens with zero attached hydrogens (tertiary/aromatic N) is 1. The number of rotatable bonds is 8. The van der Waals surface area contributed by atoms with Crippen LogP contribution in [0.2, 0.25) is 0 Å². The second kappa shape index (κ2) is 9.24. The molecule has 0 aliphatic carbocycles. The van der Waals surface area contributed by atoms with Crippen molar-refractivity contribution in [1.29, 1.82) is 0 Å². The molecule has 1 N–H and O–H groups in total. The van der Waals surface area contributed by atoms with Gasteiger partial charge < -0.3 is 5.32 Å². The molecule has 0 saturated heterocycles. The highest BCUT2D eigenvalue weighted by Crippen LogP contribution is 2.25. The maximum absolute atomic E-state index is 13.0. The maximum atomic E-state index is 13.0. The van der Waals surface area contributed by atoms with E-state index >= 15 is 0 Å². The van der Waals surface area contributed by atoms with Crippen molar-refractivity contribution in [2.75, 3.05) is 15.9 Å². The molecule has 0 bridgehead atoms. The number of carbonyl (C=O) groups excluding carboxylic acids is 1. The fourth-order valence-corrected chi connectivity index (χ4v) is 4.49. The van der Waals surface area contributed by atoms with Crippen LogP contribution in [0.3, 0.4) is 0 Å². The van der Waals surface area contributed by atoms with Crippen LogP contribution >= 0.6 is 0 Å². The van der Waals surface area contributed by atoms with Gasteiger partial charge in [0.05, 0.1) is 11.9 Å². The van der Waals surface area contributed by atoms with Gasteiger partial charge in [-0.15, -0.1) is 0 Å². The summed E-state index contributed by atoms with van der Waals surface area (Å²) < 4.78 is 26.1. The lowest BCUT2D eigenvalue weighted by atomic mass is 10.0. The Hall–Kier alpha value is -2.34. The standard InChI is InChI=1S/C22H30N2O3S/c1-6-17-12-14-20(15-13-17)24(28(5,26)27)16(4)22(25)23-21-18(7-2)10-9-11-19(21)8-3/h9-16H,6-8H2,1-5H3,(H,23,25). The fraction of sp³-hybridized carbons (Fsp3) is 0.409. The summed E-state index contributed by atoms with van der Waals surface area (Å²) in [5.41, 5.74) is 4.47. The summed E-state index contributed by atoms with van der Waals surface area (Å²) in [7, 11) is -3.63. The summed E-state index contributed by atoms with van der Waals surface area (Å²) in [6.45, 7) is 7.72. The van der Waals surface area contributed by atoms with E-state index in [1.54, 1.807) is 19.1 Å². The molecule has 6 heteroatoms. The van der Waals surface area contributed by atoms with Crippen LogP contribution in [0.25, 0.3) is 0 Å². The van der Waals surface area contributed by atoms with Gasteiger partial charge in [-0.3, -0.25) is 9.10 Å². The highest BCUT2D eigenvalue weighted by Gasteiger charge is 2.29. The van der Waals surface area contributed by atoms with Gasteiger partial charge in [0, 0.05) is 5.69 Å². The molecule has 0 aliphatic rings. The van der Waals surface area contributed by atoms with E-state index in [0.29, 0.717) is 5.69 Å². The predicted molar refractivity (Wildman–Crippen MR) is 116 cm³/mol. The minimum Gasteiger partial charge on any atom is -0.324 e. The number of para-hydroxylation sites is 1. The zero-order valence-electron chi connectivity index (χ0n) is 17.3. The lowest BCUT2D eigenvalue weighted by Crippen LogP contribution is -2.45. The zero-order chi connectivity index (χ0) is 20.9. The van der Waals surface area contributed by atoms with Crippen molar-refractivity contribution in [2.24, 2.45) is 0 Å². The first-order valence-electron chi connectivity index (χ1n) is 9.72. The quantitative estimate of drug-likeness (QED) is 0.721. The SMILES string of the molecule is CCc1ccc(N(C(C)C(=O)Nc2c(CC)cccc2CC)S(C)(=O)=O)cc1. The topological polar surface area (TPSA) is 66.5 Å². The monoisotopic (exact) mass is 402 g/mol. The molecule has 0 heterocycles. The van der Waals surface area contributed by atoms with Gasteiger partial charge in [0.1, 0.15) is 6.04 Å². The van der Waals surface area contributed by atoms with Gasteiger partial charge in [0.25, 0.3) is 0 Å². The second-order valence-electron chi connectivity index (χ2n) is 6.90. The molecule has 0 spiro atoms. The van der Waals surface area contributed by atoms with Gasteiger partial charge in [-0.05, 0) is 55.0 Å². The van der Waals surface area contributed by atoms with E-state index in [1.165, 1.54) is 4.31 Å². The molecule has 1 atom stereocenters. The van der Waals surface area contributed by atoms with Crippen LogP contribution in [-0.4, -0.2) is 26.6 Å². The average molecular weight is 403 g/mol. The Morgan fingerprint density at radius 3 is 1.93 bits per heavy atom. The summed E-state index contributed by atoms with van der Waals surface area (Å²) in [5, 5.41) is 2.98. The molecule has 0 fully saturated rings. The normalized spacial score (nSPS) is 12.5. The van der Waals surface area contributed by atoms with E-state index in [2.05, 4.69) is 5.32 Å². The molecule has 2 aromatic rings. The number of amides is 1. The van der Waals surface area contributed by atoms with Crippen molar-refractivity contribution < 1.29 is 13.2 Å². The molecule has 152 valence electrons. The average Bonchev–Trinajstić information content (AvgIpc) is 2.67. The van der Waals surface area contributed by atoms with Crippen molar-refractivity contribution in [3.8, 4) is 0 Å².